The maximum Gasteiger partial charge on any atom is 0.410 e. The second-order valence-corrected chi connectivity index (χ2v) is 8.20. The summed E-state index contributed by atoms with van der Waals surface area (Å²) >= 11 is 0. The van der Waals surface area contributed by atoms with Gasteiger partial charge >= 0.3 is 6.09 Å². The van der Waals surface area contributed by atoms with Crippen LogP contribution in [0.2, 0.25) is 0 Å². The predicted octanol–water partition coefficient (Wildman–Crippen LogP) is 3.34. The smallest absolute Gasteiger partial charge is 0.410 e. The van der Waals surface area contributed by atoms with Gasteiger partial charge < -0.3 is 29.3 Å². The van der Waals surface area contributed by atoms with Crippen LogP contribution >= 0.6 is 24.0 Å². The lowest BCUT2D eigenvalue weighted by molar-refractivity contribution is 0.00983. The molecule has 0 bridgehead atoms. The maximum atomic E-state index is 12.3. The van der Waals surface area contributed by atoms with Gasteiger partial charge in [-0.05, 0) is 53.9 Å². The number of nitrogens with zero attached hydrogens (tertiary/aromatic N) is 3. The Kier molecular flexibility index (Phi) is 15.5. The number of likely N-dealkylation sites (N-methyl/N-ethyl adjacent to an activating group) is 1. The van der Waals surface area contributed by atoms with Crippen LogP contribution in [-0.4, -0.2) is 93.1 Å². The number of methoxy groups -OCH3 is 1. The molecule has 0 aromatic carbocycles. The maximum absolute atomic E-state index is 12.3. The zero-order valence-corrected chi connectivity index (χ0v) is 22.1. The van der Waals surface area contributed by atoms with Crippen LogP contribution in [0.15, 0.2) is 4.99 Å². The van der Waals surface area contributed by atoms with Crippen molar-refractivity contribution in [3.8, 4) is 0 Å². The fraction of sp³-hybridized carbons (Fsp3) is 0.905. The van der Waals surface area contributed by atoms with Gasteiger partial charge in [0.2, 0.25) is 0 Å². The topological polar surface area (TPSA) is 75.6 Å². The first kappa shape index (κ1) is 29.2. The molecule has 0 aromatic rings. The number of carbonyl (C=O) groups is 1. The highest BCUT2D eigenvalue weighted by Gasteiger charge is 2.23. The van der Waals surface area contributed by atoms with Crippen molar-refractivity contribution >= 4 is 36.0 Å². The number of ether oxygens (including phenoxy) is 3. The van der Waals surface area contributed by atoms with Gasteiger partial charge in [0, 0.05) is 53.0 Å². The zero-order valence-electron chi connectivity index (χ0n) is 19.7. The molecule has 1 aliphatic rings. The minimum Gasteiger partial charge on any atom is -0.444 e. The van der Waals surface area contributed by atoms with Gasteiger partial charge in [-0.2, -0.15) is 0 Å². The van der Waals surface area contributed by atoms with Gasteiger partial charge in [0.25, 0.3) is 0 Å². The molecule has 0 saturated carbocycles. The molecule has 0 atom stereocenters. The van der Waals surface area contributed by atoms with E-state index in [1.54, 1.807) is 12.0 Å². The van der Waals surface area contributed by atoms with E-state index < -0.39 is 5.60 Å². The second-order valence-electron chi connectivity index (χ2n) is 8.20. The summed E-state index contributed by atoms with van der Waals surface area (Å²) in [5.74, 6) is 0.908. The molecule has 1 heterocycles. The molecule has 0 unspecified atom stereocenters. The molecule has 9 heteroatoms. The lowest BCUT2D eigenvalue weighted by atomic mass is 10.1. The van der Waals surface area contributed by atoms with Crippen LogP contribution in [0, 0.1) is 0 Å². The third-order valence-electron chi connectivity index (χ3n) is 4.59. The number of aliphatic imine (C=N–C) groups is 1. The summed E-state index contributed by atoms with van der Waals surface area (Å²) in [6.45, 7) is 15.5. The van der Waals surface area contributed by atoms with Crippen LogP contribution in [0.1, 0.15) is 53.9 Å². The van der Waals surface area contributed by atoms with E-state index in [1.807, 2.05) is 27.7 Å². The van der Waals surface area contributed by atoms with E-state index in [-0.39, 0.29) is 30.1 Å². The molecule has 30 heavy (non-hydrogen) atoms. The highest BCUT2D eigenvalue weighted by molar-refractivity contribution is 14.0. The summed E-state index contributed by atoms with van der Waals surface area (Å²) in [6.07, 6.45) is 2.96. The number of hydrogen-bond acceptors (Lipinski definition) is 5. The van der Waals surface area contributed by atoms with Gasteiger partial charge in [-0.15, -0.1) is 24.0 Å². The fourth-order valence-corrected chi connectivity index (χ4v) is 3.09. The molecule has 1 N–H and O–H groups in total. The van der Waals surface area contributed by atoms with E-state index in [0.29, 0.717) is 25.7 Å². The summed E-state index contributed by atoms with van der Waals surface area (Å²) in [5.41, 5.74) is -0.487. The van der Waals surface area contributed by atoms with Crippen molar-refractivity contribution in [1.82, 2.24) is 15.1 Å². The fourth-order valence-electron chi connectivity index (χ4n) is 3.09. The van der Waals surface area contributed by atoms with Crippen LogP contribution < -0.4 is 5.32 Å². The summed E-state index contributed by atoms with van der Waals surface area (Å²) in [4.78, 5) is 21.0. The van der Waals surface area contributed by atoms with E-state index in [1.165, 1.54) is 0 Å². The van der Waals surface area contributed by atoms with Gasteiger partial charge in [0.05, 0.1) is 12.6 Å². The molecule has 0 aromatic heterocycles. The summed E-state index contributed by atoms with van der Waals surface area (Å²) < 4.78 is 16.5. The second kappa shape index (κ2) is 15.9. The molecule has 1 aliphatic heterocycles. The van der Waals surface area contributed by atoms with E-state index >= 15 is 0 Å². The summed E-state index contributed by atoms with van der Waals surface area (Å²) in [6, 6.07) is 0. The Morgan fingerprint density at radius 2 is 1.87 bits per heavy atom. The van der Waals surface area contributed by atoms with Crippen molar-refractivity contribution in [2.75, 3.05) is 59.6 Å². The lowest BCUT2D eigenvalue weighted by Gasteiger charge is -2.34. The Morgan fingerprint density at radius 1 is 1.20 bits per heavy atom. The van der Waals surface area contributed by atoms with E-state index in [2.05, 4.69) is 17.1 Å². The standard InChI is InChI=1S/C21H42N4O4.HI/c1-7-22-19(23-12-15-24(8-2)20(26)29-21(3,4)5)25-13-10-18(11-14-25)28-17-9-16-27-6;/h18H,7-17H2,1-6H3,(H,22,23);1H. The third-order valence-corrected chi connectivity index (χ3v) is 4.59. The quantitative estimate of drug-likeness (QED) is 0.198. The van der Waals surface area contributed by atoms with Crippen molar-refractivity contribution in [2.45, 2.75) is 65.6 Å². The van der Waals surface area contributed by atoms with Crippen molar-refractivity contribution in [3.63, 3.8) is 0 Å². The molecule has 1 fully saturated rings. The Morgan fingerprint density at radius 3 is 2.40 bits per heavy atom. The molecule has 1 rings (SSSR count). The Hall–Kier alpha value is -0.810. The van der Waals surface area contributed by atoms with E-state index in [0.717, 1.165) is 58.1 Å². The largest absolute Gasteiger partial charge is 0.444 e. The van der Waals surface area contributed by atoms with Gasteiger partial charge in [0.1, 0.15) is 5.60 Å². The molecule has 8 nitrogen and oxygen atoms in total. The summed E-state index contributed by atoms with van der Waals surface area (Å²) in [5, 5.41) is 3.37. The average Bonchev–Trinajstić information content (AvgIpc) is 2.67. The first-order valence-electron chi connectivity index (χ1n) is 10.9. The monoisotopic (exact) mass is 542 g/mol. The van der Waals surface area contributed by atoms with Crippen LogP contribution in [0.5, 0.6) is 0 Å². The molecule has 1 amide bonds. The van der Waals surface area contributed by atoms with Crippen LogP contribution in [0.25, 0.3) is 0 Å². The first-order valence-corrected chi connectivity index (χ1v) is 10.9. The van der Waals surface area contributed by atoms with Crippen molar-refractivity contribution < 1.29 is 19.0 Å². The average molecular weight is 543 g/mol. The zero-order chi connectivity index (χ0) is 21.7. The van der Waals surface area contributed by atoms with Gasteiger partial charge in [-0.3, -0.25) is 4.99 Å². The molecule has 0 aliphatic carbocycles. The number of nitrogens with one attached hydrogen (secondary N) is 1. The molecule has 0 radical (unpaired) electrons. The van der Waals surface area contributed by atoms with Crippen LogP contribution in [0.3, 0.4) is 0 Å². The number of amides is 1. The van der Waals surface area contributed by atoms with Crippen LogP contribution in [0.4, 0.5) is 4.79 Å². The van der Waals surface area contributed by atoms with E-state index in [9.17, 15) is 4.79 Å². The SMILES string of the molecule is CCNC(=NCCN(CC)C(=O)OC(C)(C)C)N1CCC(OCCCOC)CC1.I. The Labute approximate surface area is 200 Å². The lowest BCUT2D eigenvalue weighted by Crippen LogP contribution is -2.47. The molecule has 178 valence electrons. The highest BCUT2D eigenvalue weighted by atomic mass is 127. The molecule has 1 saturated heterocycles. The normalized spacial score (nSPS) is 15.5. The first-order chi connectivity index (χ1) is 13.8. The van der Waals surface area contributed by atoms with Gasteiger partial charge in [0.15, 0.2) is 5.96 Å². The number of rotatable bonds is 10. The minimum absolute atomic E-state index is 0. The number of likely N-dealkylation sites (tertiary alicyclic amines) is 1. The van der Waals surface area contributed by atoms with Gasteiger partial charge in [-0.25, -0.2) is 4.79 Å². The predicted molar refractivity (Wildman–Crippen MR) is 132 cm³/mol. The number of hydrogen-bond donors (Lipinski definition) is 1. The Bertz CT molecular complexity index is 492. The molecule has 0 spiro atoms. The highest BCUT2D eigenvalue weighted by Crippen LogP contribution is 2.14. The minimum atomic E-state index is -0.487. The number of halogens is 1. The van der Waals surface area contributed by atoms with Crippen molar-refractivity contribution in [1.29, 1.82) is 0 Å². The number of piperidine rings is 1. The summed E-state index contributed by atoms with van der Waals surface area (Å²) in [7, 11) is 1.72. The Balaban J connectivity index is 0.00000841. The van der Waals surface area contributed by atoms with E-state index in [4.69, 9.17) is 19.2 Å². The van der Waals surface area contributed by atoms with Crippen LogP contribution in [-0.2, 0) is 14.2 Å². The van der Waals surface area contributed by atoms with Gasteiger partial charge in [-0.1, -0.05) is 0 Å². The molecular weight excluding hydrogens is 499 g/mol. The third kappa shape index (κ3) is 12.1. The number of carbonyl (C=O) groups excluding carboxylic acids is 1. The molecular formula is C21H43IN4O4. The van der Waals surface area contributed by atoms with Crippen molar-refractivity contribution in [3.05, 3.63) is 0 Å². The number of guanidine groups is 1. The van der Waals surface area contributed by atoms with Crippen molar-refractivity contribution in [2.24, 2.45) is 4.99 Å².